The molecule has 4 aromatic rings. The average molecular weight is 508 g/mol. The number of imidazole rings is 1. The molecule has 0 amide bonds. The molecule has 188 valence electrons. The summed E-state index contributed by atoms with van der Waals surface area (Å²) in [7, 11) is 0. The molecule has 8 nitrogen and oxygen atoms in total. The predicted octanol–water partition coefficient (Wildman–Crippen LogP) is 5.51. The van der Waals surface area contributed by atoms with E-state index in [9.17, 15) is 5.11 Å². The molecule has 0 aliphatic carbocycles. The second-order valence-corrected chi connectivity index (χ2v) is 9.37. The zero-order valence-electron chi connectivity index (χ0n) is 20.0. The molecule has 0 unspecified atom stereocenters. The highest BCUT2D eigenvalue weighted by atomic mass is 32.1. The van der Waals surface area contributed by atoms with Crippen LogP contribution in [0.25, 0.3) is 15.4 Å². The number of nitrogens with zero attached hydrogens (tertiary/aromatic N) is 3. The summed E-state index contributed by atoms with van der Waals surface area (Å²) in [5, 5.41) is 23.9. The third-order valence-corrected chi connectivity index (χ3v) is 7.01. The number of piperidine rings is 1. The van der Waals surface area contributed by atoms with E-state index in [4.69, 9.17) is 10.2 Å². The van der Waals surface area contributed by atoms with Crippen molar-refractivity contribution in [3.05, 3.63) is 78.2 Å². The molecule has 1 aliphatic rings. The van der Waals surface area contributed by atoms with E-state index in [0.29, 0.717) is 11.7 Å². The second-order valence-electron chi connectivity index (χ2n) is 8.36. The summed E-state index contributed by atoms with van der Waals surface area (Å²) >= 11 is 1.74. The second kappa shape index (κ2) is 13.2. The lowest BCUT2D eigenvalue weighted by Crippen LogP contribution is -2.32. The van der Waals surface area contributed by atoms with Gasteiger partial charge in [-0.05, 0) is 72.1 Å². The smallest absolute Gasteiger partial charge is 0.194 e. The topological polar surface area (TPSA) is 88.7 Å². The van der Waals surface area contributed by atoms with Crippen LogP contribution in [0, 0.1) is 11.8 Å². The van der Waals surface area contributed by atoms with Crippen molar-refractivity contribution in [2.45, 2.75) is 32.2 Å². The first-order valence-corrected chi connectivity index (χ1v) is 12.5. The Labute approximate surface area is 214 Å². The SMILES string of the molecule is CC#CCOOOO.Oc1cccc(C2CCN(Cc3cn4cc(-c5ccccc5)sc4n3)CC2)c1. The van der Waals surface area contributed by atoms with Crippen LogP contribution in [0.1, 0.15) is 36.9 Å². The highest BCUT2D eigenvalue weighted by Gasteiger charge is 2.21. The molecule has 1 saturated heterocycles. The van der Waals surface area contributed by atoms with Gasteiger partial charge in [0.25, 0.3) is 0 Å². The molecule has 1 aliphatic heterocycles. The average Bonchev–Trinajstić information content (AvgIpc) is 3.47. The number of aromatic hydroxyl groups is 1. The first kappa shape index (κ1) is 25.9. The van der Waals surface area contributed by atoms with Gasteiger partial charge in [-0.1, -0.05) is 59.7 Å². The van der Waals surface area contributed by atoms with Crippen molar-refractivity contribution < 1.29 is 25.3 Å². The molecule has 2 aromatic carbocycles. The maximum atomic E-state index is 9.71. The summed E-state index contributed by atoms with van der Waals surface area (Å²) in [5.41, 5.74) is 3.64. The van der Waals surface area contributed by atoms with Gasteiger partial charge < -0.3 is 5.11 Å². The number of rotatable bonds is 7. The number of phenolic OH excluding ortho intramolecular Hbond substituents is 1. The van der Waals surface area contributed by atoms with Crippen molar-refractivity contribution in [1.82, 2.24) is 14.3 Å². The number of hydrogen-bond acceptors (Lipinski definition) is 8. The monoisotopic (exact) mass is 507 g/mol. The summed E-state index contributed by atoms with van der Waals surface area (Å²) in [6.45, 7) is 4.78. The van der Waals surface area contributed by atoms with Gasteiger partial charge in [0, 0.05) is 18.9 Å². The van der Waals surface area contributed by atoms with Crippen LogP contribution >= 0.6 is 11.3 Å². The van der Waals surface area contributed by atoms with E-state index in [2.05, 4.69) is 78.8 Å². The fraction of sp³-hybridized carbons (Fsp3) is 0.296. The molecule has 0 bridgehead atoms. The van der Waals surface area contributed by atoms with E-state index in [1.807, 2.05) is 18.2 Å². The summed E-state index contributed by atoms with van der Waals surface area (Å²) in [6.07, 6.45) is 6.60. The minimum atomic E-state index is 0.0804. The number of benzene rings is 2. The van der Waals surface area contributed by atoms with E-state index >= 15 is 0 Å². The number of aromatic nitrogens is 2. The minimum Gasteiger partial charge on any atom is -0.508 e. The lowest BCUT2D eigenvalue weighted by molar-refractivity contribution is -0.620. The van der Waals surface area contributed by atoms with Crippen LogP contribution in [-0.4, -0.2) is 44.3 Å². The Hall–Kier alpha value is -3.23. The van der Waals surface area contributed by atoms with Crippen molar-refractivity contribution in [1.29, 1.82) is 0 Å². The number of fused-ring (bicyclic) bond motifs is 1. The highest BCUT2D eigenvalue weighted by molar-refractivity contribution is 7.20. The fourth-order valence-electron chi connectivity index (χ4n) is 4.24. The van der Waals surface area contributed by atoms with Crippen LogP contribution in [-0.2, 0) is 21.5 Å². The van der Waals surface area contributed by atoms with Crippen molar-refractivity contribution in [3.63, 3.8) is 0 Å². The Bertz CT molecular complexity index is 1260. The predicted molar refractivity (Wildman–Crippen MR) is 138 cm³/mol. The Morgan fingerprint density at radius 1 is 1.08 bits per heavy atom. The number of phenols is 1. The van der Waals surface area contributed by atoms with Gasteiger partial charge in [0.2, 0.25) is 0 Å². The first-order chi connectivity index (χ1) is 17.7. The largest absolute Gasteiger partial charge is 0.508 e. The molecule has 9 heteroatoms. The van der Waals surface area contributed by atoms with Gasteiger partial charge in [0.15, 0.2) is 4.96 Å². The maximum Gasteiger partial charge on any atom is 0.194 e. The highest BCUT2D eigenvalue weighted by Crippen LogP contribution is 2.31. The van der Waals surface area contributed by atoms with E-state index in [1.165, 1.54) is 16.0 Å². The number of hydrogen-bond donors (Lipinski definition) is 2. The van der Waals surface area contributed by atoms with E-state index in [-0.39, 0.29) is 6.61 Å². The number of likely N-dealkylation sites (tertiary alicyclic amines) is 1. The normalized spacial score (nSPS) is 14.2. The lowest BCUT2D eigenvalue weighted by Gasteiger charge is -2.31. The molecule has 1 fully saturated rings. The molecule has 0 radical (unpaired) electrons. The fourth-order valence-corrected chi connectivity index (χ4v) is 5.23. The van der Waals surface area contributed by atoms with Crippen LogP contribution < -0.4 is 0 Å². The minimum absolute atomic E-state index is 0.0804. The maximum absolute atomic E-state index is 9.71. The summed E-state index contributed by atoms with van der Waals surface area (Å²) in [5.74, 6) is 5.94. The van der Waals surface area contributed by atoms with Gasteiger partial charge in [-0.2, -0.15) is 4.89 Å². The van der Waals surface area contributed by atoms with Crippen LogP contribution in [0.15, 0.2) is 67.0 Å². The van der Waals surface area contributed by atoms with Gasteiger partial charge in [-0.15, -0.1) is 5.92 Å². The van der Waals surface area contributed by atoms with Gasteiger partial charge in [0.1, 0.15) is 12.4 Å². The number of thiazole rings is 1. The zero-order chi connectivity index (χ0) is 25.2. The molecular formula is C27H29N3O5S. The summed E-state index contributed by atoms with van der Waals surface area (Å²) in [4.78, 5) is 13.7. The quantitative estimate of drug-likeness (QED) is 0.148. The lowest BCUT2D eigenvalue weighted by atomic mass is 9.89. The summed E-state index contributed by atoms with van der Waals surface area (Å²) in [6, 6.07) is 18.2. The van der Waals surface area contributed by atoms with Crippen molar-refractivity contribution >= 4 is 16.3 Å². The Kier molecular flexibility index (Phi) is 9.47. The van der Waals surface area contributed by atoms with Crippen LogP contribution in [0.4, 0.5) is 0 Å². The summed E-state index contributed by atoms with van der Waals surface area (Å²) < 4.78 is 2.15. The Morgan fingerprint density at radius 2 is 1.89 bits per heavy atom. The third kappa shape index (κ3) is 7.15. The molecule has 36 heavy (non-hydrogen) atoms. The molecule has 5 rings (SSSR count). The zero-order valence-corrected chi connectivity index (χ0v) is 20.9. The molecule has 0 spiro atoms. The van der Waals surface area contributed by atoms with Crippen LogP contribution in [0.3, 0.4) is 0 Å². The van der Waals surface area contributed by atoms with Crippen LogP contribution in [0.5, 0.6) is 5.75 Å². The first-order valence-electron chi connectivity index (χ1n) is 11.7. The van der Waals surface area contributed by atoms with Gasteiger partial charge >= 0.3 is 0 Å². The van der Waals surface area contributed by atoms with Crippen molar-refractivity contribution in [2.75, 3.05) is 19.7 Å². The molecular weight excluding hydrogens is 478 g/mol. The Balaban J connectivity index is 0.000000331. The van der Waals surface area contributed by atoms with Gasteiger partial charge in [0.05, 0.1) is 10.6 Å². The van der Waals surface area contributed by atoms with Gasteiger partial charge in [-0.25, -0.2) is 10.2 Å². The molecule has 3 heterocycles. The van der Waals surface area contributed by atoms with Gasteiger partial charge in [-0.3, -0.25) is 9.30 Å². The van der Waals surface area contributed by atoms with Crippen molar-refractivity contribution in [2.24, 2.45) is 0 Å². The molecule has 2 N–H and O–H groups in total. The van der Waals surface area contributed by atoms with Crippen molar-refractivity contribution in [3.8, 4) is 28.0 Å². The molecule has 0 atom stereocenters. The third-order valence-electron chi connectivity index (χ3n) is 5.97. The van der Waals surface area contributed by atoms with E-state index in [0.717, 1.165) is 43.1 Å². The molecule has 0 saturated carbocycles. The molecule has 2 aromatic heterocycles. The van der Waals surface area contributed by atoms with Crippen LogP contribution in [0.2, 0.25) is 0 Å². The Morgan fingerprint density at radius 3 is 2.58 bits per heavy atom. The van der Waals surface area contributed by atoms with E-state index in [1.54, 1.807) is 24.3 Å². The van der Waals surface area contributed by atoms with E-state index < -0.39 is 0 Å². The standard InChI is InChI=1S/C23H23N3OS.C4H6O4/c27-21-8-4-7-19(13-21)17-9-11-25(12-10-17)14-20-15-26-16-22(28-23(26)24-20)18-5-2-1-3-6-18;1-2-3-4-6-8-7-5/h1-8,13,15-17,27H,9-12,14H2;5H,4H2,1H3.